The second-order valence-corrected chi connectivity index (χ2v) is 18.0. The van der Waals surface area contributed by atoms with E-state index in [-0.39, 0.29) is 29.9 Å². The van der Waals surface area contributed by atoms with Crippen molar-refractivity contribution in [3.63, 3.8) is 0 Å². The number of nitrogens with two attached hydrogens (primary N) is 1. The zero-order valence-corrected chi connectivity index (χ0v) is 39.0. The average molecular weight is 1000 g/mol. The summed E-state index contributed by atoms with van der Waals surface area (Å²) in [6.45, 7) is 4.11. The van der Waals surface area contributed by atoms with Gasteiger partial charge in [0.15, 0.2) is 0 Å². The lowest BCUT2D eigenvalue weighted by Crippen LogP contribution is -2.24. The van der Waals surface area contributed by atoms with Crippen molar-refractivity contribution in [3.8, 4) is 0 Å². The van der Waals surface area contributed by atoms with Crippen LogP contribution in [0.4, 0.5) is 5.82 Å². The van der Waals surface area contributed by atoms with Crippen molar-refractivity contribution in [2.45, 2.75) is 39.7 Å². The van der Waals surface area contributed by atoms with Crippen molar-refractivity contribution in [1.29, 1.82) is 0 Å². The Labute approximate surface area is 397 Å². The standard InChI is InChI=1S/C22H20ClN5O2.C11H7Cl2NO.C11H8ClNO2.Cl2OS/c1-12-5-20(24)28-13(2)18(12)11-26-21(29)22-27-10-17(30-22)7-14-3-4-19-15(6-14)8-16(23)9-25-19;12-9-5-8-3-7(4-11(13)15)1-2-10(8)14-6-9;12-9-5-8-3-7(4-11(14)15)1-2-10(8)13-6-9;1-4(2)3/h3-6,8-10H,7,11H2,1-2H3,(H2,24,28)(H,26,29);1-3,5-6H,4H2;1-3,5-6H,4H2,(H,14,15);. The molecule has 0 fully saturated rings. The van der Waals surface area contributed by atoms with E-state index < -0.39 is 15.2 Å². The molecule has 20 heteroatoms. The topological polar surface area (TPSA) is 204 Å². The van der Waals surface area contributed by atoms with Gasteiger partial charge in [0.2, 0.25) is 14.5 Å². The van der Waals surface area contributed by atoms with Crippen molar-refractivity contribution in [1.82, 2.24) is 30.2 Å². The Balaban J connectivity index is 0.000000190. The Hall–Kier alpha value is -5.45. The van der Waals surface area contributed by atoms with Crippen LogP contribution in [0.1, 0.15) is 50.0 Å². The Kier molecular flexibility index (Phi) is 18.2. The number of halogens is 6. The third kappa shape index (κ3) is 15.4. The van der Waals surface area contributed by atoms with Crippen LogP contribution < -0.4 is 11.1 Å². The normalized spacial score (nSPS) is 10.6. The second-order valence-electron chi connectivity index (χ2n) is 13.7. The lowest BCUT2D eigenvalue weighted by Gasteiger charge is -2.10. The highest BCUT2D eigenvalue weighted by Gasteiger charge is 2.15. The highest BCUT2D eigenvalue weighted by molar-refractivity contribution is 8.26. The van der Waals surface area contributed by atoms with Gasteiger partial charge in [-0.05, 0) is 114 Å². The molecule has 330 valence electrons. The van der Waals surface area contributed by atoms with Crippen LogP contribution in [0, 0.1) is 13.8 Å². The summed E-state index contributed by atoms with van der Waals surface area (Å²) in [7, 11) is 7.36. The Morgan fingerprint density at radius 1 is 0.703 bits per heavy atom. The first-order chi connectivity index (χ1) is 30.4. The molecular formula is C44H35Cl6N7O6S. The lowest BCUT2D eigenvalue weighted by molar-refractivity contribution is -0.136. The number of hydrogen-bond acceptors (Lipinski definition) is 11. The van der Waals surface area contributed by atoms with Gasteiger partial charge in [-0.15, -0.1) is 0 Å². The maximum Gasteiger partial charge on any atom is 0.307 e. The molecule has 0 bridgehead atoms. The molecular weight excluding hydrogens is 967 g/mol. The number of benzene rings is 3. The first-order valence-corrected chi connectivity index (χ1v) is 23.0. The molecule has 0 unspecified atom stereocenters. The third-order valence-electron chi connectivity index (χ3n) is 8.96. The van der Waals surface area contributed by atoms with Gasteiger partial charge in [0.25, 0.3) is 5.89 Å². The van der Waals surface area contributed by atoms with Crippen molar-refractivity contribution < 1.29 is 28.1 Å². The molecule has 13 nitrogen and oxygen atoms in total. The Morgan fingerprint density at radius 3 is 1.64 bits per heavy atom. The number of fused-ring (bicyclic) bond motifs is 3. The molecule has 4 N–H and O–H groups in total. The molecule has 0 saturated carbocycles. The molecule has 0 aliphatic carbocycles. The van der Waals surface area contributed by atoms with E-state index in [4.69, 9.17) is 65.9 Å². The largest absolute Gasteiger partial charge is 0.481 e. The van der Waals surface area contributed by atoms with Crippen LogP contribution in [0.5, 0.6) is 0 Å². The van der Waals surface area contributed by atoms with Crippen LogP contribution in [-0.2, 0) is 44.6 Å². The van der Waals surface area contributed by atoms with Crippen LogP contribution in [0.2, 0.25) is 15.1 Å². The molecule has 8 rings (SSSR count). The van der Waals surface area contributed by atoms with Gasteiger partial charge in [-0.2, -0.15) is 0 Å². The number of pyridine rings is 4. The summed E-state index contributed by atoms with van der Waals surface area (Å²) >= 11 is 23.0. The highest BCUT2D eigenvalue weighted by Crippen LogP contribution is 2.22. The van der Waals surface area contributed by atoms with Gasteiger partial charge < -0.3 is 20.6 Å². The summed E-state index contributed by atoms with van der Waals surface area (Å²) < 4.78 is 14.7. The van der Waals surface area contributed by atoms with Crippen molar-refractivity contribution in [2.75, 3.05) is 5.73 Å². The number of nitrogen functional groups attached to an aromatic ring is 1. The van der Waals surface area contributed by atoms with Gasteiger partial charge in [0, 0.05) is 81.2 Å². The smallest absolute Gasteiger partial charge is 0.307 e. The molecule has 8 aromatic rings. The van der Waals surface area contributed by atoms with E-state index in [0.29, 0.717) is 39.6 Å². The number of rotatable bonds is 9. The van der Waals surface area contributed by atoms with Gasteiger partial charge in [-0.25, -0.2) is 14.2 Å². The minimum absolute atomic E-state index is 0.0163. The van der Waals surface area contributed by atoms with Crippen molar-refractivity contribution in [2.24, 2.45) is 0 Å². The molecule has 0 aliphatic heterocycles. The molecule has 0 saturated heterocycles. The van der Waals surface area contributed by atoms with E-state index >= 15 is 0 Å². The second kappa shape index (κ2) is 23.5. The highest BCUT2D eigenvalue weighted by atomic mass is 36.0. The van der Waals surface area contributed by atoms with E-state index in [1.807, 2.05) is 62.4 Å². The van der Waals surface area contributed by atoms with Gasteiger partial charge in [-0.1, -0.05) is 53.0 Å². The van der Waals surface area contributed by atoms with Crippen LogP contribution in [0.15, 0.2) is 108 Å². The molecule has 0 atom stereocenters. The van der Waals surface area contributed by atoms with Crippen LogP contribution >= 0.6 is 67.8 Å². The SMILES string of the molecule is Cc1cc(N)nc(C)c1CNC(=O)c1ncc(Cc2ccc3ncc(Cl)cc3c2)o1.O=C(Cl)Cc1ccc2ncc(Cl)cc2c1.O=C(O)Cc1ccc2ncc(Cl)cc2c1.O=S(Cl)Cl. The molecule has 0 spiro atoms. The number of aryl methyl sites for hydroxylation is 2. The summed E-state index contributed by atoms with van der Waals surface area (Å²) in [5, 5.41) is 15.5. The molecule has 64 heavy (non-hydrogen) atoms. The van der Waals surface area contributed by atoms with E-state index in [0.717, 1.165) is 66.2 Å². The molecule has 0 aliphatic rings. The number of amides is 1. The number of carboxylic acid groups (broad SMARTS) is 1. The van der Waals surface area contributed by atoms with Gasteiger partial charge >= 0.3 is 11.9 Å². The predicted octanol–water partition coefficient (Wildman–Crippen LogP) is 10.7. The number of oxazole rings is 1. The number of carbonyl (C=O) groups is 3. The summed E-state index contributed by atoms with van der Waals surface area (Å²) in [6, 6.07) is 24.0. The number of carboxylic acids is 1. The fourth-order valence-electron chi connectivity index (χ4n) is 6.22. The number of aromatic nitrogens is 5. The molecule has 1 amide bonds. The lowest BCUT2D eigenvalue weighted by atomic mass is 10.1. The van der Waals surface area contributed by atoms with E-state index in [2.05, 4.69) is 51.6 Å². The Bertz CT molecular complexity index is 2890. The molecule has 5 heterocycles. The van der Waals surface area contributed by atoms with Crippen LogP contribution in [0.3, 0.4) is 0 Å². The minimum Gasteiger partial charge on any atom is -0.481 e. The summed E-state index contributed by atoms with van der Waals surface area (Å²) in [5.74, 6) is -0.148. The summed E-state index contributed by atoms with van der Waals surface area (Å²) in [6.07, 6.45) is 7.09. The molecule has 3 aromatic carbocycles. The quantitative estimate of drug-likeness (QED) is 0.116. The number of aliphatic carboxylic acids is 1. The Morgan fingerprint density at radius 2 is 1.17 bits per heavy atom. The number of nitrogens with one attached hydrogen (secondary N) is 1. The van der Waals surface area contributed by atoms with Gasteiger partial charge in [0.1, 0.15) is 11.6 Å². The summed E-state index contributed by atoms with van der Waals surface area (Å²) in [5.41, 5.74) is 13.6. The minimum atomic E-state index is -1.67. The van der Waals surface area contributed by atoms with Crippen LogP contribution in [0.25, 0.3) is 32.7 Å². The fourth-order valence-corrected chi connectivity index (χ4v) is 6.88. The van der Waals surface area contributed by atoms with Crippen LogP contribution in [-0.4, -0.2) is 51.4 Å². The molecule has 5 aromatic heterocycles. The predicted molar refractivity (Wildman–Crippen MR) is 255 cm³/mol. The van der Waals surface area contributed by atoms with Crippen molar-refractivity contribution >= 4 is 133 Å². The first-order valence-electron chi connectivity index (χ1n) is 18.6. The van der Waals surface area contributed by atoms with Gasteiger partial charge in [0.05, 0.1) is 44.2 Å². The van der Waals surface area contributed by atoms with Crippen molar-refractivity contribution in [3.05, 3.63) is 164 Å². The third-order valence-corrected chi connectivity index (χ3v) is 9.71. The number of carbonyl (C=O) groups excluding carboxylic acids is 2. The maximum absolute atomic E-state index is 12.5. The van der Waals surface area contributed by atoms with E-state index in [9.17, 15) is 14.4 Å². The number of hydrogen-bond donors (Lipinski definition) is 3. The first kappa shape index (κ1) is 49.6. The number of anilines is 1. The van der Waals surface area contributed by atoms with E-state index in [1.165, 1.54) is 0 Å². The fraction of sp³-hybridized carbons (Fsp3) is 0.136. The van der Waals surface area contributed by atoms with E-state index in [1.54, 1.807) is 55.1 Å². The maximum atomic E-state index is 12.5. The zero-order valence-electron chi connectivity index (χ0n) is 33.6. The monoisotopic (exact) mass is 999 g/mol. The zero-order chi connectivity index (χ0) is 46.5. The number of nitrogens with zero attached hydrogens (tertiary/aromatic N) is 5. The molecule has 0 radical (unpaired) electrons. The summed E-state index contributed by atoms with van der Waals surface area (Å²) in [4.78, 5) is 54.6. The van der Waals surface area contributed by atoms with Gasteiger partial charge in [-0.3, -0.25) is 29.3 Å². The average Bonchev–Trinajstić information content (AvgIpc) is 3.68.